The lowest BCUT2D eigenvalue weighted by Crippen LogP contribution is -2.22. The molecule has 5 nitrogen and oxygen atoms in total. The van der Waals surface area contributed by atoms with Crippen LogP contribution in [0.5, 0.6) is 0 Å². The lowest BCUT2D eigenvalue weighted by atomic mass is 10.1. The van der Waals surface area contributed by atoms with Gasteiger partial charge in [0.2, 0.25) is 0 Å². The molecule has 2 aromatic carbocycles. The molecule has 0 heterocycles. The van der Waals surface area contributed by atoms with E-state index in [1.807, 2.05) is 0 Å². The molecule has 1 amide bonds. The van der Waals surface area contributed by atoms with Gasteiger partial charge in [0.15, 0.2) is 24.0 Å². The number of carbonyl (C=O) groups is 3. The Morgan fingerprint density at radius 2 is 1.81 bits per heavy atom. The first-order chi connectivity index (χ1) is 12.9. The van der Waals surface area contributed by atoms with Crippen molar-refractivity contribution in [3.63, 3.8) is 0 Å². The van der Waals surface area contributed by atoms with Crippen LogP contribution < -0.4 is 5.32 Å². The van der Waals surface area contributed by atoms with Crippen LogP contribution in [0.25, 0.3) is 0 Å². The van der Waals surface area contributed by atoms with E-state index in [9.17, 15) is 23.2 Å². The van der Waals surface area contributed by atoms with Gasteiger partial charge < -0.3 is 10.1 Å². The first kappa shape index (κ1) is 20.6. The minimum Gasteiger partial charge on any atom is -0.456 e. The minimum absolute atomic E-state index is 0.000967. The van der Waals surface area contributed by atoms with Crippen LogP contribution in [0.4, 0.5) is 14.5 Å². The van der Waals surface area contributed by atoms with Crippen molar-refractivity contribution in [2.24, 2.45) is 0 Å². The van der Waals surface area contributed by atoms with Gasteiger partial charge in [0.25, 0.3) is 5.91 Å². The number of hydrogen-bond donors (Lipinski definition) is 1. The summed E-state index contributed by atoms with van der Waals surface area (Å²) in [5.74, 6) is -2.96. The molecule has 0 bridgehead atoms. The summed E-state index contributed by atoms with van der Waals surface area (Å²) in [5.41, 5.74) is 0.708. The molecule has 0 unspecified atom stereocenters. The SMILES string of the molecule is CC(=O)c1ccccc1NC(=O)COC(=O)CCSc1ccc(F)c(F)c1. The second-order valence-electron chi connectivity index (χ2n) is 5.49. The third-order valence-corrected chi connectivity index (χ3v) is 4.41. The quantitative estimate of drug-likeness (QED) is 0.419. The maximum absolute atomic E-state index is 13.1. The highest BCUT2D eigenvalue weighted by Gasteiger charge is 2.12. The summed E-state index contributed by atoms with van der Waals surface area (Å²) in [6.07, 6.45) is 0.000967. The number of hydrogen-bond acceptors (Lipinski definition) is 5. The minimum atomic E-state index is -0.954. The Bertz CT molecular complexity index is 857. The molecule has 0 aromatic heterocycles. The van der Waals surface area contributed by atoms with Gasteiger partial charge in [-0.1, -0.05) is 12.1 Å². The molecule has 2 aromatic rings. The van der Waals surface area contributed by atoms with Crippen LogP contribution in [-0.2, 0) is 14.3 Å². The molecule has 142 valence electrons. The van der Waals surface area contributed by atoms with E-state index in [1.165, 1.54) is 24.8 Å². The van der Waals surface area contributed by atoms with E-state index >= 15 is 0 Å². The monoisotopic (exact) mass is 393 g/mol. The van der Waals surface area contributed by atoms with E-state index in [-0.39, 0.29) is 12.2 Å². The van der Waals surface area contributed by atoms with Crippen LogP contribution in [0.3, 0.4) is 0 Å². The van der Waals surface area contributed by atoms with E-state index in [2.05, 4.69) is 5.32 Å². The van der Waals surface area contributed by atoms with Crippen molar-refractivity contribution in [2.75, 3.05) is 17.7 Å². The van der Waals surface area contributed by atoms with Crippen LogP contribution in [-0.4, -0.2) is 30.0 Å². The molecule has 0 atom stereocenters. The number of benzene rings is 2. The number of anilines is 1. The highest BCUT2D eigenvalue weighted by atomic mass is 32.2. The lowest BCUT2D eigenvalue weighted by molar-refractivity contribution is -0.146. The number of rotatable bonds is 8. The van der Waals surface area contributed by atoms with E-state index < -0.39 is 30.1 Å². The maximum atomic E-state index is 13.1. The molecule has 0 fully saturated rings. The molecule has 0 saturated carbocycles. The van der Waals surface area contributed by atoms with Gasteiger partial charge in [-0.05, 0) is 37.3 Å². The third-order valence-electron chi connectivity index (χ3n) is 3.41. The van der Waals surface area contributed by atoms with Gasteiger partial charge in [0.05, 0.1) is 12.1 Å². The summed E-state index contributed by atoms with van der Waals surface area (Å²) >= 11 is 1.17. The van der Waals surface area contributed by atoms with Crippen molar-refractivity contribution in [1.82, 2.24) is 0 Å². The summed E-state index contributed by atoms with van der Waals surface area (Å²) in [7, 11) is 0. The van der Waals surface area contributed by atoms with Gasteiger partial charge in [0, 0.05) is 16.2 Å². The number of para-hydroxylation sites is 1. The van der Waals surface area contributed by atoms with E-state index in [4.69, 9.17) is 4.74 Å². The van der Waals surface area contributed by atoms with Gasteiger partial charge in [-0.25, -0.2) is 8.78 Å². The number of amides is 1. The average molecular weight is 393 g/mol. The Balaban J connectivity index is 1.74. The molecule has 0 aliphatic heterocycles. The largest absolute Gasteiger partial charge is 0.456 e. The second-order valence-corrected chi connectivity index (χ2v) is 6.65. The van der Waals surface area contributed by atoms with Crippen molar-refractivity contribution < 1.29 is 27.9 Å². The molecule has 2 rings (SSSR count). The normalized spacial score (nSPS) is 10.3. The molecule has 0 aliphatic rings. The predicted molar refractivity (Wildman–Crippen MR) is 97.7 cm³/mol. The van der Waals surface area contributed by atoms with Crippen LogP contribution in [0.15, 0.2) is 47.4 Å². The smallest absolute Gasteiger partial charge is 0.307 e. The Hall–Kier alpha value is -2.74. The Morgan fingerprint density at radius 3 is 2.52 bits per heavy atom. The molecule has 27 heavy (non-hydrogen) atoms. The highest BCUT2D eigenvalue weighted by molar-refractivity contribution is 7.99. The van der Waals surface area contributed by atoms with Crippen LogP contribution >= 0.6 is 11.8 Å². The Labute approximate surface area is 159 Å². The van der Waals surface area contributed by atoms with Gasteiger partial charge in [-0.3, -0.25) is 14.4 Å². The first-order valence-corrected chi connectivity index (χ1v) is 8.98. The van der Waals surface area contributed by atoms with Crippen molar-refractivity contribution in [3.05, 3.63) is 59.7 Å². The number of halogens is 2. The zero-order valence-electron chi connectivity index (χ0n) is 14.5. The molecule has 0 radical (unpaired) electrons. The summed E-state index contributed by atoms with van der Waals surface area (Å²) in [5, 5.41) is 2.52. The molecule has 1 N–H and O–H groups in total. The second kappa shape index (κ2) is 9.82. The average Bonchev–Trinajstić information content (AvgIpc) is 2.63. The lowest BCUT2D eigenvalue weighted by Gasteiger charge is -2.09. The maximum Gasteiger partial charge on any atom is 0.307 e. The number of carbonyl (C=O) groups excluding carboxylic acids is 3. The van der Waals surface area contributed by atoms with Gasteiger partial charge in [0.1, 0.15) is 0 Å². The van der Waals surface area contributed by atoms with Crippen molar-refractivity contribution in [1.29, 1.82) is 0 Å². The number of ketones is 1. The van der Waals surface area contributed by atoms with E-state index in [1.54, 1.807) is 24.3 Å². The summed E-state index contributed by atoms with van der Waals surface area (Å²) < 4.78 is 30.8. The van der Waals surface area contributed by atoms with Crippen molar-refractivity contribution in [3.8, 4) is 0 Å². The third kappa shape index (κ3) is 6.49. The molecule has 8 heteroatoms. The highest BCUT2D eigenvalue weighted by Crippen LogP contribution is 2.21. The topological polar surface area (TPSA) is 72.5 Å². The van der Waals surface area contributed by atoms with Crippen LogP contribution in [0, 0.1) is 11.6 Å². The number of esters is 1. The molecule has 0 spiro atoms. The Morgan fingerprint density at radius 1 is 1.07 bits per heavy atom. The zero-order chi connectivity index (χ0) is 19.8. The Kier molecular flexibility index (Phi) is 7.48. The van der Waals surface area contributed by atoms with E-state index in [0.717, 1.165) is 12.1 Å². The number of nitrogens with one attached hydrogen (secondary N) is 1. The fourth-order valence-electron chi connectivity index (χ4n) is 2.12. The number of ether oxygens (including phenoxy) is 1. The van der Waals surface area contributed by atoms with Crippen LogP contribution in [0.2, 0.25) is 0 Å². The number of Topliss-reactive ketones (excluding diaryl/α,β-unsaturated/α-hetero) is 1. The summed E-state index contributed by atoms with van der Waals surface area (Å²) in [6, 6.07) is 9.98. The van der Waals surface area contributed by atoms with Crippen LogP contribution in [0.1, 0.15) is 23.7 Å². The van der Waals surface area contributed by atoms with Crippen molar-refractivity contribution in [2.45, 2.75) is 18.2 Å². The zero-order valence-corrected chi connectivity index (χ0v) is 15.3. The van der Waals surface area contributed by atoms with Gasteiger partial charge in [-0.15, -0.1) is 11.8 Å². The fourth-order valence-corrected chi connectivity index (χ4v) is 2.98. The summed E-state index contributed by atoms with van der Waals surface area (Å²) in [4.78, 5) is 35.5. The molecular formula is C19H17F2NO4S. The van der Waals surface area contributed by atoms with Gasteiger partial charge >= 0.3 is 5.97 Å². The molecule has 0 saturated heterocycles. The predicted octanol–water partition coefficient (Wildman–Crippen LogP) is 3.83. The fraction of sp³-hybridized carbons (Fsp3) is 0.211. The van der Waals surface area contributed by atoms with Crippen molar-refractivity contribution >= 4 is 35.1 Å². The first-order valence-electron chi connectivity index (χ1n) is 8.00. The molecule has 0 aliphatic carbocycles. The number of thioether (sulfide) groups is 1. The standard InChI is InChI=1S/C19H17F2NO4S/c1-12(23)14-4-2-3-5-17(14)22-18(24)11-26-19(25)8-9-27-13-6-7-15(20)16(21)10-13/h2-7,10H,8-9,11H2,1H3,(H,22,24). The molecular weight excluding hydrogens is 376 g/mol. The van der Waals surface area contributed by atoms with Gasteiger partial charge in [-0.2, -0.15) is 0 Å². The summed E-state index contributed by atoms with van der Waals surface area (Å²) in [6.45, 7) is 0.899. The van der Waals surface area contributed by atoms with E-state index in [0.29, 0.717) is 21.9 Å².